The highest BCUT2D eigenvalue weighted by molar-refractivity contribution is 5.02. The zero-order valence-electron chi connectivity index (χ0n) is 9.75. The first-order valence-corrected chi connectivity index (χ1v) is 5.36. The lowest BCUT2D eigenvalue weighted by molar-refractivity contribution is -0.213. The zero-order valence-corrected chi connectivity index (χ0v) is 9.75. The molecule has 0 amide bonds. The summed E-state index contributed by atoms with van der Waals surface area (Å²) in [5.74, 6) is 0.744. The Morgan fingerprint density at radius 2 is 2.12 bits per heavy atom. The summed E-state index contributed by atoms with van der Waals surface area (Å²) >= 11 is 0. The van der Waals surface area contributed by atoms with Crippen LogP contribution in [0.3, 0.4) is 0 Å². The molecule has 3 nitrogen and oxygen atoms in total. The zero-order chi connectivity index (χ0) is 12.9. The van der Waals surface area contributed by atoms with E-state index in [2.05, 4.69) is 10.1 Å². The first-order valence-electron chi connectivity index (χ1n) is 5.36. The molecular weight excluding hydrogens is 235 g/mol. The lowest BCUT2D eigenvalue weighted by atomic mass is 10.2. The average molecular weight is 251 g/mol. The van der Waals surface area contributed by atoms with Crippen molar-refractivity contribution in [3.63, 3.8) is 0 Å². The van der Waals surface area contributed by atoms with Gasteiger partial charge in [0.2, 0.25) is 0 Å². The first kappa shape index (κ1) is 14.1. The van der Waals surface area contributed by atoms with Crippen molar-refractivity contribution in [2.24, 2.45) is 0 Å². The van der Waals surface area contributed by atoms with Crippen LogP contribution in [0.2, 0.25) is 0 Å². The Morgan fingerprint density at radius 3 is 2.65 bits per heavy atom. The quantitative estimate of drug-likeness (QED) is 0.789. The predicted octanol–water partition coefficient (Wildman–Crippen LogP) is 2.90. The van der Waals surface area contributed by atoms with Crippen LogP contribution in [0.1, 0.15) is 25.6 Å². The maximum Gasteiger partial charge on any atom is 0.414 e. The largest absolute Gasteiger partial charge is 0.468 e. The van der Waals surface area contributed by atoms with Gasteiger partial charge in [-0.15, -0.1) is 0 Å². The minimum absolute atomic E-state index is 0.00568. The smallest absolute Gasteiger partial charge is 0.414 e. The second-order valence-corrected chi connectivity index (χ2v) is 3.75. The molecule has 1 aromatic heterocycles. The van der Waals surface area contributed by atoms with Crippen LogP contribution in [0.25, 0.3) is 0 Å². The van der Waals surface area contributed by atoms with Crippen LogP contribution >= 0.6 is 0 Å². The Balaban J connectivity index is 2.17. The van der Waals surface area contributed by atoms with Crippen LogP contribution in [0.4, 0.5) is 13.2 Å². The highest BCUT2D eigenvalue weighted by atomic mass is 19.4. The van der Waals surface area contributed by atoms with Gasteiger partial charge in [-0.1, -0.05) is 0 Å². The van der Waals surface area contributed by atoms with Crippen molar-refractivity contribution in [1.29, 1.82) is 0 Å². The molecule has 0 aliphatic carbocycles. The van der Waals surface area contributed by atoms with Crippen molar-refractivity contribution >= 4 is 0 Å². The molecule has 1 N–H and O–H groups in total. The Kier molecular flexibility index (Phi) is 5.02. The molecule has 6 heteroatoms. The van der Waals surface area contributed by atoms with Gasteiger partial charge >= 0.3 is 6.18 Å². The van der Waals surface area contributed by atoms with Gasteiger partial charge in [-0.2, -0.15) is 13.2 Å². The molecule has 2 unspecified atom stereocenters. The summed E-state index contributed by atoms with van der Waals surface area (Å²) in [5.41, 5.74) is 0. The Hall–Kier alpha value is -1.01. The van der Waals surface area contributed by atoms with Crippen molar-refractivity contribution in [2.75, 3.05) is 13.2 Å². The number of ether oxygens (including phenoxy) is 1. The third-order valence-electron chi connectivity index (χ3n) is 2.35. The summed E-state index contributed by atoms with van der Waals surface area (Å²) < 4.78 is 46.1. The van der Waals surface area contributed by atoms with Crippen molar-refractivity contribution in [1.82, 2.24) is 5.32 Å². The molecule has 0 aromatic carbocycles. The number of alkyl halides is 3. The Morgan fingerprint density at radius 1 is 1.41 bits per heavy atom. The lowest BCUT2D eigenvalue weighted by Crippen LogP contribution is -2.32. The van der Waals surface area contributed by atoms with Gasteiger partial charge in [-0.3, -0.25) is 0 Å². The molecule has 0 bridgehead atoms. The summed E-state index contributed by atoms with van der Waals surface area (Å²) in [6.07, 6.45) is -4.48. The van der Waals surface area contributed by atoms with Crippen LogP contribution in [0.15, 0.2) is 22.8 Å². The van der Waals surface area contributed by atoms with Crippen LogP contribution in [-0.2, 0) is 4.74 Å². The van der Waals surface area contributed by atoms with Gasteiger partial charge in [-0.05, 0) is 26.0 Å². The van der Waals surface area contributed by atoms with Gasteiger partial charge in [0, 0.05) is 6.54 Å². The number of hydrogen-bond acceptors (Lipinski definition) is 3. The number of halogens is 3. The van der Waals surface area contributed by atoms with E-state index in [9.17, 15) is 13.2 Å². The van der Waals surface area contributed by atoms with Crippen LogP contribution < -0.4 is 5.32 Å². The summed E-state index contributed by atoms with van der Waals surface area (Å²) in [4.78, 5) is 0. The molecule has 1 aromatic rings. The Labute approximate surface area is 97.9 Å². The van der Waals surface area contributed by atoms with E-state index in [0.717, 1.165) is 12.7 Å². The normalized spacial score (nSPS) is 15.8. The molecular formula is C11H16F3NO2. The molecule has 0 fully saturated rings. The predicted molar refractivity (Wildman–Crippen MR) is 56.6 cm³/mol. The number of furan rings is 1. The molecule has 98 valence electrons. The van der Waals surface area contributed by atoms with Crippen molar-refractivity contribution < 1.29 is 22.3 Å². The third-order valence-corrected chi connectivity index (χ3v) is 2.35. The van der Waals surface area contributed by atoms with E-state index in [0.29, 0.717) is 6.54 Å². The van der Waals surface area contributed by atoms with Gasteiger partial charge in [0.05, 0.1) is 18.9 Å². The molecule has 0 aliphatic heterocycles. The SMILES string of the molecule is CC(NCCOC(C)C(F)(F)F)c1ccco1. The van der Waals surface area contributed by atoms with E-state index in [4.69, 9.17) is 4.42 Å². The molecule has 0 saturated heterocycles. The highest BCUT2D eigenvalue weighted by Gasteiger charge is 2.36. The maximum atomic E-state index is 12.1. The summed E-state index contributed by atoms with van der Waals surface area (Å²) in [7, 11) is 0. The molecule has 0 radical (unpaired) electrons. The molecule has 1 heterocycles. The highest BCUT2D eigenvalue weighted by Crippen LogP contribution is 2.22. The number of nitrogens with one attached hydrogen (secondary N) is 1. The molecule has 0 saturated carbocycles. The molecule has 17 heavy (non-hydrogen) atoms. The fraction of sp³-hybridized carbons (Fsp3) is 0.636. The number of rotatable bonds is 6. The topological polar surface area (TPSA) is 34.4 Å². The molecule has 0 spiro atoms. The van der Waals surface area contributed by atoms with Gasteiger partial charge < -0.3 is 14.5 Å². The summed E-state index contributed by atoms with van der Waals surface area (Å²) in [6.45, 7) is 3.20. The van der Waals surface area contributed by atoms with Gasteiger partial charge in [0.15, 0.2) is 6.10 Å². The van der Waals surface area contributed by atoms with Crippen molar-refractivity contribution in [3.8, 4) is 0 Å². The van der Waals surface area contributed by atoms with Crippen LogP contribution in [0, 0.1) is 0 Å². The van der Waals surface area contributed by atoms with E-state index >= 15 is 0 Å². The van der Waals surface area contributed by atoms with Gasteiger partial charge in [0.1, 0.15) is 5.76 Å². The second-order valence-electron chi connectivity index (χ2n) is 3.75. The molecule has 2 atom stereocenters. The average Bonchev–Trinajstić information content (AvgIpc) is 2.75. The van der Waals surface area contributed by atoms with Gasteiger partial charge in [-0.25, -0.2) is 0 Å². The van der Waals surface area contributed by atoms with E-state index in [1.54, 1.807) is 18.4 Å². The van der Waals surface area contributed by atoms with E-state index in [1.807, 2.05) is 6.92 Å². The molecule has 0 aliphatic rings. The summed E-state index contributed by atoms with van der Waals surface area (Å²) in [5, 5.41) is 3.01. The third kappa shape index (κ3) is 4.79. The van der Waals surface area contributed by atoms with Crippen molar-refractivity contribution in [3.05, 3.63) is 24.2 Å². The minimum Gasteiger partial charge on any atom is -0.468 e. The monoisotopic (exact) mass is 251 g/mol. The Bertz CT molecular complexity index is 311. The summed E-state index contributed by atoms with van der Waals surface area (Å²) in [6, 6.07) is 3.52. The van der Waals surface area contributed by atoms with E-state index in [-0.39, 0.29) is 12.6 Å². The van der Waals surface area contributed by atoms with E-state index < -0.39 is 12.3 Å². The maximum absolute atomic E-state index is 12.1. The lowest BCUT2D eigenvalue weighted by Gasteiger charge is -2.17. The van der Waals surface area contributed by atoms with Crippen LogP contribution in [0.5, 0.6) is 0 Å². The fourth-order valence-corrected chi connectivity index (χ4v) is 1.24. The molecule has 1 rings (SSSR count). The fourth-order valence-electron chi connectivity index (χ4n) is 1.24. The van der Waals surface area contributed by atoms with Crippen LogP contribution in [-0.4, -0.2) is 25.4 Å². The van der Waals surface area contributed by atoms with Crippen molar-refractivity contribution in [2.45, 2.75) is 32.2 Å². The van der Waals surface area contributed by atoms with Gasteiger partial charge in [0.25, 0.3) is 0 Å². The number of hydrogen-bond donors (Lipinski definition) is 1. The standard InChI is InChI=1S/C11H16F3NO2/c1-8(10-4-3-6-17-10)15-5-7-16-9(2)11(12,13)14/h3-4,6,8-9,15H,5,7H2,1-2H3. The first-order chi connectivity index (χ1) is 7.91. The van der Waals surface area contributed by atoms with E-state index in [1.165, 1.54) is 0 Å². The second kappa shape index (κ2) is 6.07. The minimum atomic E-state index is -4.30.